The number of halogens is 3. The third-order valence-corrected chi connectivity index (χ3v) is 7.53. The topological polar surface area (TPSA) is 65.5 Å². The van der Waals surface area contributed by atoms with Gasteiger partial charge in [-0.05, 0) is 50.3 Å². The smallest absolute Gasteiger partial charge is 0.381 e. The van der Waals surface area contributed by atoms with Gasteiger partial charge in [0.2, 0.25) is 0 Å². The summed E-state index contributed by atoms with van der Waals surface area (Å²) in [7, 11) is 0. The second-order valence-electron chi connectivity index (χ2n) is 9.38. The number of H-pyrrole nitrogens is 1. The third-order valence-electron chi connectivity index (χ3n) is 7.53. The molecule has 3 atom stereocenters. The molecule has 0 radical (unpaired) electrons. The number of hydrogen-bond acceptors (Lipinski definition) is 5. The lowest BCUT2D eigenvalue weighted by Crippen LogP contribution is -2.45. The molecule has 4 aliphatic rings. The Morgan fingerprint density at radius 3 is 2.94 bits per heavy atom. The van der Waals surface area contributed by atoms with E-state index in [4.69, 9.17) is 9.72 Å². The minimum Gasteiger partial charge on any atom is -0.381 e. The van der Waals surface area contributed by atoms with Gasteiger partial charge < -0.3 is 19.9 Å². The highest BCUT2D eigenvalue weighted by molar-refractivity contribution is 6.19. The molecule has 3 aliphatic heterocycles. The van der Waals surface area contributed by atoms with Gasteiger partial charge in [0.1, 0.15) is 12.3 Å². The molecule has 1 aliphatic carbocycles. The molecule has 2 aromatic rings. The van der Waals surface area contributed by atoms with Crippen LogP contribution in [0.5, 0.6) is 0 Å². The van der Waals surface area contributed by atoms with Gasteiger partial charge in [-0.1, -0.05) is 0 Å². The lowest BCUT2D eigenvalue weighted by molar-refractivity contribution is -0.0877. The van der Waals surface area contributed by atoms with Crippen LogP contribution in [0.2, 0.25) is 0 Å². The van der Waals surface area contributed by atoms with Gasteiger partial charge in [-0.25, -0.2) is 4.98 Å². The number of nitrogens with one attached hydrogen (secondary N) is 2. The van der Waals surface area contributed by atoms with Crippen LogP contribution >= 0.6 is 0 Å². The average Bonchev–Trinajstić information content (AvgIpc) is 3.42. The van der Waals surface area contributed by atoms with Crippen LogP contribution in [0.1, 0.15) is 36.9 Å². The van der Waals surface area contributed by atoms with Crippen LogP contribution in [0.25, 0.3) is 11.0 Å². The number of allylic oxidation sites excluding steroid dienone is 1. The number of alkyl halides is 3. The summed E-state index contributed by atoms with van der Waals surface area (Å²) in [4.78, 5) is 14.1. The molecule has 2 saturated heterocycles. The van der Waals surface area contributed by atoms with Crippen molar-refractivity contribution in [3.05, 3.63) is 41.4 Å². The largest absolute Gasteiger partial charge is 0.419 e. The Balaban J connectivity index is 1.34. The van der Waals surface area contributed by atoms with Gasteiger partial charge in [0.05, 0.1) is 17.9 Å². The fraction of sp³-hybridized carbons (Fsp3) is 0.565. The molecule has 32 heavy (non-hydrogen) atoms. The Morgan fingerprint density at radius 1 is 1.25 bits per heavy atom. The zero-order valence-electron chi connectivity index (χ0n) is 17.7. The first-order valence-electron chi connectivity index (χ1n) is 11.3. The molecule has 9 heteroatoms. The molecule has 0 spiro atoms. The quantitative estimate of drug-likeness (QED) is 0.759. The summed E-state index contributed by atoms with van der Waals surface area (Å²) in [6.45, 7) is 3.31. The van der Waals surface area contributed by atoms with E-state index in [1.54, 1.807) is 11.1 Å². The number of aliphatic imine (C=N–C) groups is 1. The van der Waals surface area contributed by atoms with Gasteiger partial charge in [0.25, 0.3) is 0 Å². The molecule has 2 aromatic heterocycles. The molecule has 170 valence electrons. The molecule has 5 heterocycles. The minimum absolute atomic E-state index is 0.00755. The van der Waals surface area contributed by atoms with E-state index in [0.29, 0.717) is 29.1 Å². The molecule has 6 nitrogen and oxygen atoms in total. The molecular weight excluding hydrogens is 419 g/mol. The molecule has 2 unspecified atom stereocenters. The van der Waals surface area contributed by atoms with Gasteiger partial charge in [-0.2, -0.15) is 13.2 Å². The summed E-state index contributed by atoms with van der Waals surface area (Å²) in [6, 6.07) is 3.91. The van der Waals surface area contributed by atoms with Crippen LogP contribution in [0, 0.1) is 5.92 Å². The van der Waals surface area contributed by atoms with E-state index in [1.165, 1.54) is 6.20 Å². The fourth-order valence-electron chi connectivity index (χ4n) is 5.59. The number of ether oxygens (including phenoxy) is 1. The SMILES string of the molecule is FC(F)(F)C1=CN([C@H]2CCCNC2)CN=C1c1c[nH]c2nc(C34CCOCC3C4)ccc12. The van der Waals surface area contributed by atoms with Crippen LogP contribution in [-0.4, -0.2) is 65.8 Å². The lowest BCUT2D eigenvalue weighted by Gasteiger charge is -2.36. The van der Waals surface area contributed by atoms with E-state index in [9.17, 15) is 13.2 Å². The number of aromatic amines is 1. The monoisotopic (exact) mass is 445 g/mol. The number of aromatic nitrogens is 2. The highest BCUT2D eigenvalue weighted by Gasteiger charge is 2.57. The standard InChI is InChI=1S/C23H26F3N5O/c24-23(25,26)18-11-31(15-2-1-6-27-9-15)13-29-20(18)17-10-28-21-16(17)3-4-19(30-21)22-5-7-32-12-14(22)8-22/h3-4,10-11,14-15,27H,1-2,5-9,12-13H2,(H,28,30)/t14?,15-,22?/m0/s1. The Kier molecular flexibility index (Phi) is 4.62. The zero-order valence-corrected chi connectivity index (χ0v) is 17.7. The summed E-state index contributed by atoms with van der Waals surface area (Å²) in [5.41, 5.74) is 1.47. The average molecular weight is 445 g/mol. The molecule has 1 saturated carbocycles. The van der Waals surface area contributed by atoms with Gasteiger partial charge in [-0.15, -0.1) is 0 Å². The summed E-state index contributed by atoms with van der Waals surface area (Å²) in [5, 5.41) is 3.94. The number of piperidine rings is 1. The van der Waals surface area contributed by atoms with Crippen LogP contribution in [0.3, 0.4) is 0 Å². The Labute approximate surface area is 183 Å². The second-order valence-corrected chi connectivity index (χ2v) is 9.38. The second kappa shape index (κ2) is 7.31. The molecule has 3 fully saturated rings. The molecule has 0 bridgehead atoms. The summed E-state index contributed by atoms with van der Waals surface area (Å²) in [5.74, 6) is 0.498. The van der Waals surface area contributed by atoms with Crippen molar-refractivity contribution < 1.29 is 17.9 Å². The van der Waals surface area contributed by atoms with E-state index >= 15 is 0 Å². The van der Waals surface area contributed by atoms with E-state index in [-0.39, 0.29) is 23.8 Å². The maximum Gasteiger partial charge on any atom is 0.419 e. The van der Waals surface area contributed by atoms with Crippen LogP contribution in [0.15, 0.2) is 35.1 Å². The Bertz CT molecular complexity index is 1100. The van der Waals surface area contributed by atoms with Crippen molar-refractivity contribution in [1.29, 1.82) is 0 Å². The number of pyridine rings is 1. The number of fused-ring (bicyclic) bond motifs is 2. The Hall–Kier alpha value is -2.39. The van der Waals surface area contributed by atoms with Crippen LogP contribution in [-0.2, 0) is 10.2 Å². The fourth-order valence-corrected chi connectivity index (χ4v) is 5.59. The zero-order chi connectivity index (χ0) is 21.9. The Morgan fingerprint density at radius 2 is 2.16 bits per heavy atom. The van der Waals surface area contributed by atoms with Crippen molar-refractivity contribution in [3.8, 4) is 0 Å². The normalized spacial score (nSPS) is 30.7. The molecular formula is C23H26F3N5O. The number of rotatable bonds is 3. The van der Waals surface area contributed by atoms with E-state index in [0.717, 1.165) is 51.1 Å². The predicted molar refractivity (Wildman–Crippen MR) is 115 cm³/mol. The highest BCUT2D eigenvalue weighted by Crippen LogP contribution is 2.58. The third kappa shape index (κ3) is 3.25. The van der Waals surface area contributed by atoms with E-state index < -0.39 is 11.7 Å². The molecule has 2 N–H and O–H groups in total. The van der Waals surface area contributed by atoms with Crippen LogP contribution < -0.4 is 5.32 Å². The maximum absolute atomic E-state index is 14.1. The van der Waals surface area contributed by atoms with Gasteiger partial charge in [0.15, 0.2) is 0 Å². The van der Waals surface area contributed by atoms with Crippen molar-refractivity contribution in [2.45, 2.75) is 43.3 Å². The van der Waals surface area contributed by atoms with Crippen molar-refractivity contribution in [2.75, 3.05) is 33.0 Å². The van der Waals surface area contributed by atoms with E-state index in [2.05, 4.69) is 15.3 Å². The first-order chi connectivity index (χ1) is 15.5. The van der Waals surface area contributed by atoms with E-state index in [1.807, 2.05) is 12.1 Å². The van der Waals surface area contributed by atoms with Gasteiger partial charge >= 0.3 is 6.18 Å². The number of nitrogens with zero attached hydrogens (tertiary/aromatic N) is 3. The van der Waals surface area contributed by atoms with Gasteiger partial charge in [0, 0.05) is 53.6 Å². The van der Waals surface area contributed by atoms with Gasteiger partial charge in [-0.3, -0.25) is 4.99 Å². The number of hydrogen-bond donors (Lipinski definition) is 2. The van der Waals surface area contributed by atoms with Crippen molar-refractivity contribution in [1.82, 2.24) is 20.2 Å². The van der Waals surface area contributed by atoms with Crippen molar-refractivity contribution >= 4 is 16.7 Å². The molecule has 6 rings (SSSR count). The first-order valence-corrected chi connectivity index (χ1v) is 11.3. The highest BCUT2D eigenvalue weighted by atomic mass is 19.4. The van der Waals surface area contributed by atoms with Crippen molar-refractivity contribution in [2.24, 2.45) is 10.9 Å². The first kappa shape index (κ1) is 20.2. The summed E-state index contributed by atoms with van der Waals surface area (Å²) < 4.78 is 47.7. The van der Waals surface area contributed by atoms with Crippen molar-refractivity contribution in [3.63, 3.8) is 0 Å². The molecule has 0 aromatic carbocycles. The summed E-state index contributed by atoms with van der Waals surface area (Å²) in [6.07, 6.45) is 2.23. The lowest BCUT2D eigenvalue weighted by atomic mass is 9.92. The maximum atomic E-state index is 14.1. The minimum atomic E-state index is -4.49. The molecule has 0 amide bonds. The summed E-state index contributed by atoms with van der Waals surface area (Å²) >= 11 is 0. The predicted octanol–water partition coefficient (Wildman–Crippen LogP) is 3.50. The van der Waals surface area contributed by atoms with Crippen LogP contribution in [0.4, 0.5) is 13.2 Å².